The number of aromatic nitrogens is 2. The molecule has 0 radical (unpaired) electrons. The Labute approximate surface area is 283 Å². The van der Waals surface area contributed by atoms with Crippen LogP contribution in [-0.4, -0.2) is 41.6 Å². The van der Waals surface area contributed by atoms with Crippen molar-refractivity contribution in [2.45, 2.75) is 103 Å². The maximum atomic E-state index is 12.3. The SMILES string of the molecule is CC(=O)NCCc1c[nH]c2ccc(OC(=O)NCCCCCCCCCCCCNc3c4c(nc5ccc(Cl)cc35)CCCC4)cc12. The summed E-state index contributed by atoms with van der Waals surface area (Å²) in [5, 5.41) is 12.4. The van der Waals surface area contributed by atoms with Crippen LogP contribution in [-0.2, 0) is 24.1 Å². The van der Waals surface area contributed by atoms with Crippen LogP contribution in [0.5, 0.6) is 5.75 Å². The van der Waals surface area contributed by atoms with E-state index in [1.807, 2.05) is 30.5 Å². The average molecular weight is 660 g/mol. The lowest BCUT2D eigenvalue weighted by Gasteiger charge is -2.22. The van der Waals surface area contributed by atoms with E-state index >= 15 is 0 Å². The first-order valence-electron chi connectivity index (χ1n) is 17.6. The number of anilines is 1. The summed E-state index contributed by atoms with van der Waals surface area (Å²) in [6.07, 6.45) is 18.9. The Morgan fingerprint density at radius 2 is 1.55 bits per heavy atom. The van der Waals surface area contributed by atoms with E-state index in [-0.39, 0.29) is 5.91 Å². The zero-order chi connectivity index (χ0) is 32.8. The zero-order valence-corrected chi connectivity index (χ0v) is 28.6. The number of hydrogen-bond acceptors (Lipinski definition) is 5. The maximum Gasteiger partial charge on any atom is 0.412 e. The summed E-state index contributed by atoms with van der Waals surface area (Å²) in [7, 11) is 0. The number of aryl methyl sites for hydroxylation is 1. The van der Waals surface area contributed by atoms with Gasteiger partial charge in [0.1, 0.15) is 5.75 Å². The van der Waals surface area contributed by atoms with Crippen molar-refractivity contribution in [3.8, 4) is 5.75 Å². The van der Waals surface area contributed by atoms with E-state index in [0.29, 0.717) is 25.3 Å². The van der Waals surface area contributed by atoms with Crippen LogP contribution in [0.25, 0.3) is 21.8 Å². The molecule has 0 atom stereocenters. The van der Waals surface area contributed by atoms with Gasteiger partial charge in [-0.2, -0.15) is 0 Å². The second kappa shape index (κ2) is 17.9. The highest BCUT2D eigenvalue weighted by Gasteiger charge is 2.18. The largest absolute Gasteiger partial charge is 0.412 e. The first-order valence-corrected chi connectivity index (χ1v) is 18.0. The summed E-state index contributed by atoms with van der Waals surface area (Å²) in [4.78, 5) is 31.6. The number of ether oxygens (including phenoxy) is 1. The number of unbranched alkanes of at least 4 members (excludes halogenated alkanes) is 9. The molecule has 0 fully saturated rings. The molecule has 252 valence electrons. The summed E-state index contributed by atoms with van der Waals surface area (Å²) in [6, 6.07) is 11.6. The number of hydrogen-bond donors (Lipinski definition) is 4. The summed E-state index contributed by atoms with van der Waals surface area (Å²) in [5.41, 5.74) is 7.03. The fourth-order valence-electron chi connectivity index (χ4n) is 6.61. The Hall–Kier alpha value is -3.78. The number of halogens is 1. The molecule has 2 aromatic heterocycles. The van der Waals surface area contributed by atoms with E-state index in [2.05, 4.69) is 27.0 Å². The van der Waals surface area contributed by atoms with Crippen molar-refractivity contribution in [1.29, 1.82) is 0 Å². The van der Waals surface area contributed by atoms with Gasteiger partial charge in [-0.3, -0.25) is 9.78 Å². The zero-order valence-electron chi connectivity index (χ0n) is 27.8. The van der Waals surface area contributed by atoms with E-state index in [0.717, 1.165) is 64.6 Å². The molecule has 0 unspecified atom stereocenters. The fraction of sp³-hybridized carbons (Fsp3) is 0.500. The number of rotatable bonds is 18. The maximum absolute atomic E-state index is 12.3. The van der Waals surface area contributed by atoms with E-state index < -0.39 is 6.09 Å². The lowest BCUT2D eigenvalue weighted by Crippen LogP contribution is -2.27. The summed E-state index contributed by atoms with van der Waals surface area (Å²) < 4.78 is 5.52. The smallest absolute Gasteiger partial charge is 0.410 e. The van der Waals surface area contributed by atoms with E-state index in [1.54, 1.807) is 6.07 Å². The predicted molar refractivity (Wildman–Crippen MR) is 193 cm³/mol. The first-order chi connectivity index (χ1) is 23.0. The van der Waals surface area contributed by atoms with Gasteiger partial charge in [0.05, 0.1) is 5.52 Å². The lowest BCUT2D eigenvalue weighted by atomic mass is 9.92. The molecule has 2 heterocycles. The highest BCUT2D eigenvalue weighted by molar-refractivity contribution is 6.31. The van der Waals surface area contributed by atoms with Gasteiger partial charge in [0.25, 0.3) is 0 Å². The molecule has 2 aromatic carbocycles. The molecular formula is C38H50ClN5O3. The molecule has 4 aromatic rings. The Morgan fingerprint density at radius 1 is 0.830 bits per heavy atom. The van der Waals surface area contributed by atoms with Gasteiger partial charge >= 0.3 is 6.09 Å². The predicted octanol–water partition coefficient (Wildman–Crippen LogP) is 9.03. The Morgan fingerprint density at radius 3 is 2.32 bits per heavy atom. The van der Waals surface area contributed by atoms with E-state index in [4.69, 9.17) is 21.3 Å². The number of carbonyl (C=O) groups is 2. The number of aromatic amines is 1. The molecule has 9 heteroatoms. The molecule has 0 aliphatic heterocycles. The minimum atomic E-state index is -0.423. The van der Waals surface area contributed by atoms with Crippen molar-refractivity contribution in [3.63, 3.8) is 0 Å². The third kappa shape index (κ3) is 10.4. The number of amides is 2. The molecule has 0 saturated carbocycles. The van der Waals surface area contributed by atoms with Crippen molar-refractivity contribution in [3.05, 3.63) is 64.4 Å². The van der Waals surface area contributed by atoms with Crippen molar-refractivity contribution >= 4 is 51.1 Å². The monoisotopic (exact) mass is 659 g/mol. The molecule has 0 bridgehead atoms. The van der Waals surface area contributed by atoms with Gasteiger partial charge < -0.3 is 25.7 Å². The summed E-state index contributed by atoms with van der Waals surface area (Å²) >= 11 is 6.34. The number of carbonyl (C=O) groups excluding carboxylic acids is 2. The van der Waals surface area contributed by atoms with Crippen LogP contribution in [0, 0.1) is 0 Å². The van der Waals surface area contributed by atoms with Crippen LogP contribution in [0.4, 0.5) is 10.5 Å². The molecule has 8 nitrogen and oxygen atoms in total. The molecule has 5 rings (SSSR count). The molecule has 1 aliphatic rings. The highest BCUT2D eigenvalue weighted by Crippen LogP contribution is 2.34. The molecule has 0 saturated heterocycles. The van der Waals surface area contributed by atoms with Crippen LogP contribution in [0.1, 0.15) is 101 Å². The molecule has 0 spiro atoms. The number of fused-ring (bicyclic) bond motifs is 3. The Kier molecular flexibility index (Phi) is 13.2. The number of H-pyrrole nitrogens is 1. The van der Waals surface area contributed by atoms with Gasteiger partial charge in [0.15, 0.2) is 0 Å². The molecule has 4 N–H and O–H groups in total. The normalized spacial score (nSPS) is 12.6. The average Bonchev–Trinajstić information content (AvgIpc) is 3.46. The van der Waals surface area contributed by atoms with Gasteiger partial charge in [0.2, 0.25) is 5.91 Å². The van der Waals surface area contributed by atoms with Crippen molar-refractivity contribution in [2.75, 3.05) is 25.0 Å². The van der Waals surface area contributed by atoms with Gasteiger partial charge in [-0.05, 0) is 92.5 Å². The van der Waals surface area contributed by atoms with E-state index in [9.17, 15) is 9.59 Å². The second-order valence-corrected chi connectivity index (χ2v) is 13.2. The first kappa shape index (κ1) is 34.6. The molecule has 47 heavy (non-hydrogen) atoms. The fourth-order valence-corrected chi connectivity index (χ4v) is 6.78. The van der Waals surface area contributed by atoms with Gasteiger partial charge in [-0.1, -0.05) is 63.0 Å². The Balaban J connectivity index is 0.883. The van der Waals surface area contributed by atoms with Crippen LogP contribution in [0.15, 0.2) is 42.6 Å². The van der Waals surface area contributed by atoms with Crippen molar-refractivity contribution in [2.24, 2.45) is 0 Å². The number of pyridine rings is 1. The number of benzene rings is 2. The van der Waals surface area contributed by atoms with E-state index in [1.165, 1.54) is 88.1 Å². The highest BCUT2D eigenvalue weighted by atomic mass is 35.5. The van der Waals surface area contributed by atoms with Crippen LogP contribution in [0.3, 0.4) is 0 Å². The molecule has 2 amide bonds. The lowest BCUT2D eigenvalue weighted by molar-refractivity contribution is -0.118. The topological polar surface area (TPSA) is 108 Å². The quantitative estimate of drug-likeness (QED) is 0.0797. The standard InChI is InChI=1S/C38H50ClN5O3/c1-27(45)40-23-20-28-26-43-34-19-17-30(25-32(28)34)47-38(46)42-22-13-9-7-5-3-2-4-6-8-12-21-41-37-31-14-10-11-15-35(31)44-36-18-16-29(39)24-33(36)37/h16-19,24-26,43H,2-15,20-23H2,1H3,(H,40,45)(H,41,44)(H,42,46). The minimum absolute atomic E-state index is 0.0445. The van der Waals surface area contributed by atoms with Crippen molar-refractivity contribution in [1.82, 2.24) is 20.6 Å². The van der Waals surface area contributed by atoms with Gasteiger partial charge in [-0.25, -0.2) is 4.79 Å². The molecule has 1 aliphatic carbocycles. The van der Waals surface area contributed by atoms with Gasteiger partial charge in [-0.15, -0.1) is 0 Å². The van der Waals surface area contributed by atoms with Gasteiger partial charge in [0, 0.05) is 65.4 Å². The summed E-state index contributed by atoms with van der Waals surface area (Å²) in [6.45, 7) is 3.68. The minimum Gasteiger partial charge on any atom is -0.410 e. The summed E-state index contributed by atoms with van der Waals surface area (Å²) in [5.74, 6) is 0.467. The third-order valence-corrected chi connectivity index (χ3v) is 9.35. The van der Waals surface area contributed by atoms with Crippen LogP contribution in [0.2, 0.25) is 5.02 Å². The number of nitrogens with zero attached hydrogens (tertiary/aromatic N) is 1. The van der Waals surface area contributed by atoms with Crippen LogP contribution >= 0.6 is 11.6 Å². The number of nitrogens with one attached hydrogen (secondary N) is 4. The van der Waals surface area contributed by atoms with Crippen molar-refractivity contribution < 1.29 is 14.3 Å². The Bertz CT molecular complexity index is 1630. The second-order valence-electron chi connectivity index (χ2n) is 12.8. The molecular weight excluding hydrogens is 610 g/mol. The van der Waals surface area contributed by atoms with Crippen LogP contribution < -0.4 is 20.7 Å². The third-order valence-electron chi connectivity index (χ3n) is 9.12.